The maximum absolute atomic E-state index is 11.9. The smallest absolute Gasteiger partial charge is 0.435 e. The summed E-state index contributed by atoms with van der Waals surface area (Å²) in [6.45, 7) is 5.31. The summed E-state index contributed by atoms with van der Waals surface area (Å²) in [5, 5.41) is 12.9. The number of aromatic carboxylic acids is 1. The van der Waals surface area contributed by atoms with Gasteiger partial charge in [-0.05, 0) is 38.5 Å². The molecule has 0 amide bonds. The lowest BCUT2D eigenvalue weighted by Crippen LogP contribution is -2.27. The van der Waals surface area contributed by atoms with Crippen molar-refractivity contribution < 1.29 is 19.4 Å². The van der Waals surface area contributed by atoms with E-state index in [0.717, 1.165) is 4.68 Å². The van der Waals surface area contributed by atoms with Gasteiger partial charge in [0.05, 0.1) is 11.8 Å². The Morgan fingerprint density at radius 1 is 1.24 bits per heavy atom. The molecule has 110 valence electrons. The Kier molecular flexibility index (Phi) is 3.80. The standard InChI is InChI=1S/C15H16N2O4/c1-15(2,3)21-14(20)17-9-12(8-16-17)10-5-4-6-11(7-10)13(18)19/h4-9H,1-3H3,(H,18,19). The number of carboxylic acid groups (broad SMARTS) is 1. The van der Waals surface area contributed by atoms with Gasteiger partial charge in [0.2, 0.25) is 0 Å². The van der Waals surface area contributed by atoms with Gasteiger partial charge in [0.25, 0.3) is 0 Å². The van der Waals surface area contributed by atoms with Crippen molar-refractivity contribution in [1.29, 1.82) is 0 Å². The first-order valence-electron chi connectivity index (χ1n) is 6.38. The molecule has 0 atom stereocenters. The molecule has 1 N–H and O–H groups in total. The zero-order valence-corrected chi connectivity index (χ0v) is 12.0. The van der Waals surface area contributed by atoms with Gasteiger partial charge in [-0.1, -0.05) is 12.1 Å². The number of aromatic nitrogens is 2. The minimum atomic E-state index is -1.00. The fourth-order valence-electron chi connectivity index (χ4n) is 1.71. The normalized spacial score (nSPS) is 11.2. The molecule has 0 saturated heterocycles. The molecule has 6 nitrogen and oxygen atoms in total. The van der Waals surface area contributed by atoms with Gasteiger partial charge in [0.15, 0.2) is 0 Å². The van der Waals surface area contributed by atoms with E-state index in [-0.39, 0.29) is 5.56 Å². The first-order valence-corrected chi connectivity index (χ1v) is 6.38. The van der Waals surface area contributed by atoms with Crippen LogP contribution >= 0.6 is 0 Å². The van der Waals surface area contributed by atoms with E-state index < -0.39 is 17.7 Å². The van der Waals surface area contributed by atoms with Crippen LogP contribution in [0.5, 0.6) is 0 Å². The van der Waals surface area contributed by atoms with Crippen molar-refractivity contribution in [3.05, 3.63) is 42.2 Å². The number of rotatable bonds is 2. The number of carbonyl (C=O) groups is 2. The molecular formula is C15H16N2O4. The molecule has 0 bridgehead atoms. The highest BCUT2D eigenvalue weighted by Crippen LogP contribution is 2.20. The first kappa shape index (κ1) is 14.8. The van der Waals surface area contributed by atoms with Crippen LogP contribution < -0.4 is 0 Å². The molecule has 0 aliphatic carbocycles. The van der Waals surface area contributed by atoms with Crippen LogP contribution in [-0.4, -0.2) is 32.6 Å². The van der Waals surface area contributed by atoms with E-state index in [0.29, 0.717) is 11.1 Å². The quantitative estimate of drug-likeness (QED) is 0.918. The Labute approximate surface area is 122 Å². The summed E-state index contributed by atoms with van der Waals surface area (Å²) < 4.78 is 6.29. The van der Waals surface area contributed by atoms with Crippen molar-refractivity contribution in [3.63, 3.8) is 0 Å². The van der Waals surface area contributed by atoms with E-state index in [9.17, 15) is 9.59 Å². The molecule has 0 fully saturated rings. The monoisotopic (exact) mass is 288 g/mol. The molecule has 2 aromatic rings. The van der Waals surface area contributed by atoms with Gasteiger partial charge in [-0.25, -0.2) is 9.59 Å². The van der Waals surface area contributed by atoms with Crippen molar-refractivity contribution >= 4 is 12.1 Å². The highest BCUT2D eigenvalue weighted by atomic mass is 16.6. The molecule has 1 heterocycles. The van der Waals surface area contributed by atoms with Crippen LogP contribution in [0.3, 0.4) is 0 Å². The minimum Gasteiger partial charge on any atom is -0.478 e. The predicted molar refractivity (Wildman–Crippen MR) is 76.3 cm³/mol. The number of ether oxygens (including phenoxy) is 1. The second-order valence-corrected chi connectivity index (χ2v) is 5.54. The Morgan fingerprint density at radius 2 is 1.95 bits per heavy atom. The van der Waals surface area contributed by atoms with Crippen molar-refractivity contribution in [3.8, 4) is 11.1 Å². The Hall–Kier alpha value is -2.63. The fourth-order valence-corrected chi connectivity index (χ4v) is 1.71. The summed E-state index contributed by atoms with van der Waals surface area (Å²) in [5.74, 6) is -1.00. The van der Waals surface area contributed by atoms with Crippen LogP contribution in [0.25, 0.3) is 11.1 Å². The average Bonchev–Trinajstić information content (AvgIpc) is 2.86. The predicted octanol–water partition coefficient (Wildman–Crippen LogP) is 3.03. The third kappa shape index (κ3) is 3.68. The van der Waals surface area contributed by atoms with Gasteiger partial charge in [-0.2, -0.15) is 9.78 Å². The lowest BCUT2D eigenvalue weighted by molar-refractivity contribution is 0.0514. The molecule has 1 aromatic carbocycles. The van der Waals surface area contributed by atoms with Crippen molar-refractivity contribution in [2.45, 2.75) is 26.4 Å². The largest absolute Gasteiger partial charge is 0.478 e. The van der Waals surface area contributed by atoms with Crippen molar-refractivity contribution in [2.24, 2.45) is 0 Å². The van der Waals surface area contributed by atoms with E-state index in [1.54, 1.807) is 32.9 Å². The maximum Gasteiger partial charge on any atom is 0.435 e. The Bertz CT molecular complexity index is 683. The van der Waals surface area contributed by atoms with E-state index in [2.05, 4.69) is 5.10 Å². The van der Waals surface area contributed by atoms with Crippen LogP contribution in [-0.2, 0) is 4.74 Å². The summed E-state index contributed by atoms with van der Waals surface area (Å²) in [5.41, 5.74) is 0.887. The molecule has 0 aliphatic heterocycles. The van der Waals surface area contributed by atoms with Gasteiger partial charge in [-0.15, -0.1) is 0 Å². The number of hydrogen-bond acceptors (Lipinski definition) is 4. The summed E-state index contributed by atoms with van der Waals surface area (Å²) in [6.07, 6.45) is 2.42. The zero-order valence-electron chi connectivity index (χ0n) is 12.0. The van der Waals surface area contributed by atoms with Crippen LogP contribution in [0.15, 0.2) is 36.7 Å². The lowest BCUT2D eigenvalue weighted by atomic mass is 10.1. The van der Waals surface area contributed by atoms with Crippen molar-refractivity contribution in [2.75, 3.05) is 0 Å². The molecular weight excluding hydrogens is 272 g/mol. The topological polar surface area (TPSA) is 81.4 Å². The van der Waals surface area contributed by atoms with Gasteiger partial charge < -0.3 is 9.84 Å². The Morgan fingerprint density at radius 3 is 2.57 bits per heavy atom. The Balaban J connectivity index is 2.26. The summed E-state index contributed by atoms with van der Waals surface area (Å²) in [7, 11) is 0. The SMILES string of the molecule is CC(C)(C)OC(=O)n1cc(-c2cccc(C(=O)O)c2)cn1. The van der Waals surface area contributed by atoms with Crippen LogP contribution in [0.4, 0.5) is 4.79 Å². The fraction of sp³-hybridized carbons (Fsp3) is 0.267. The molecule has 1 aromatic heterocycles. The average molecular weight is 288 g/mol. The molecule has 2 rings (SSSR count). The van der Waals surface area contributed by atoms with E-state index in [4.69, 9.17) is 9.84 Å². The summed E-state index contributed by atoms with van der Waals surface area (Å²) >= 11 is 0. The number of carboxylic acids is 1. The van der Waals surface area contributed by atoms with E-state index in [1.807, 2.05) is 0 Å². The molecule has 21 heavy (non-hydrogen) atoms. The zero-order chi connectivity index (χ0) is 15.6. The summed E-state index contributed by atoms with van der Waals surface area (Å²) in [4.78, 5) is 22.8. The molecule has 0 radical (unpaired) electrons. The second kappa shape index (κ2) is 5.40. The third-order valence-electron chi connectivity index (χ3n) is 2.61. The van der Waals surface area contributed by atoms with Gasteiger partial charge >= 0.3 is 12.1 Å². The van der Waals surface area contributed by atoms with Crippen molar-refractivity contribution in [1.82, 2.24) is 9.78 Å². The van der Waals surface area contributed by atoms with Crippen LogP contribution in [0.2, 0.25) is 0 Å². The second-order valence-electron chi connectivity index (χ2n) is 5.54. The van der Waals surface area contributed by atoms with E-state index in [1.165, 1.54) is 24.5 Å². The lowest BCUT2D eigenvalue weighted by Gasteiger charge is -2.18. The molecule has 0 unspecified atom stereocenters. The summed E-state index contributed by atoms with van der Waals surface area (Å²) in [6, 6.07) is 6.43. The van der Waals surface area contributed by atoms with Gasteiger partial charge in [0, 0.05) is 11.8 Å². The van der Waals surface area contributed by atoms with Crippen LogP contribution in [0, 0.1) is 0 Å². The number of nitrogens with zero attached hydrogens (tertiary/aromatic N) is 2. The molecule has 0 saturated carbocycles. The highest BCUT2D eigenvalue weighted by molar-refractivity contribution is 5.89. The van der Waals surface area contributed by atoms with Gasteiger partial charge in [-0.3, -0.25) is 0 Å². The van der Waals surface area contributed by atoms with Crippen LogP contribution in [0.1, 0.15) is 31.1 Å². The van der Waals surface area contributed by atoms with Gasteiger partial charge in [0.1, 0.15) is 5.60 Å². The number of carbonyl (C=O) groups excluding carboxylic acids is 1. The number of benzene rings is 1. The first-order chi connectivity index (χ1) is 9.76. The highest BCUT2D eigenvalue weighted by Gasteiger charge is 2.18. The minimum absolute atomic E-state index is 0.178. The number of hydrogen-bond donors (Lipinski definition) is 1. The molecule has 6 heteroatoms. The maximum atomic E-state index is 11.9. The third-order valence-corrected chi connectivity index (χ3v) is 2.61. The van der Waals surface area contributed by atoms with E-state index >= 15 is 0 Å². The molecule has 0 aliphatic rings. The molecule has 0 spiro atoms.